The summed E-state index contributed by atoms with van der Waals surface area (Å²) in [5.41, 5.74) is 2.49. The van der Waals surface area contributed by atoms with Gasteiger partial charge in [0.25, 0.3) is 0 Å². The van der Waals surface area contributed by atoms with E-state index in [1.807, 2.05) is 32.9 Å². The van der Waals surface area contributed by atoms with E-state index in [9.17, 15) is 5.11 Å². The van der Waals surface area contributed by atoms with Gasteiger partial charge in [-0.05, 0) is 39.3 Å². The third-order valence-corrected chi connectivity index (χ3v) is 5.45. The molecule has 3 heterocycles. The van der Waals surface area contributed by atoms with E-state index < -0.39 is 5.79 Å². The molecular weight excluding hydrogens is 316 g/mol. The third kappa shape index (κ3) is 2.85. The summed E-state index contributed by atoms with van der Waals surface area (Å²) in [6, 6.07) is 1.80. The Kier molecular flexibility index (Phi) is 3.89. The average Bonchev–Trinajstić information content (AvgIpc) is 2.79. The summed E-state index contributed by atoms with van der Waals surface area (Å²) in [5, 5.41) is 10.7. The smallest absolute Gasteiger partial charge is 0.171 e. The van der Waals surface area contributed by atoms with Crippen molar-refractivity contribution < 1.29 is 19.3 Å². The Morgan fingerprint density at radius 3 is 2.76 bits per heavy atom. The molecule has 4 heteroatoms. The SMILES string of the molecule is CCCCC[C@H]1O[C@]2(C)Cc3c4c(cc(O)c3[C@H]1O2)C=CC(C)(C)O4. The number of benzene rings is 1. The molecule has 1 N–H and O–H groups in total. The molecule has 2 bridgehead atoms. The van der Waals surface area contributed by atoms with Gasteiger partial charge in [-0.3, -0.25) is 0 Å². The summed E-state index contributed by atoms with van der Waals surface area (Å²) >= 11 is 0. The van der Waals surface area contributed by atoms with Crippen LogP contribution in [0.2, 0.25) is 0 Å². The van der Waals surface area contributed by atoms with Gasteiger partial charge >= 0.3 is 0 Å². The normalized spacial score (nSPS) is 31.4. The molecule has 0 saturated carbocycles. The molecule has 1 aromatic carbocycles. The van der Waals surface area contributed by atoms with E-state index in [0.717, 1.165) is 35.3 Å². The molecule has 0 unspecified atom stereocenters. The maximum atomic E-state index is 10.7. The first-order valence-electron chi connectivity index (χ1n) is 9.44. The maximum Gasteiger partial charge on any atom is 0.171 e. The van der Waals surface area contributed by atoms with Crippen LogP contribution in [-0.4, -0.2) is 22.6 Å². The number of aromatic hydroxyl groups is 1. The van der Waals surface area contributed by atoms with Crippen LogP contribution in [-0.2, 0) is 15.9 Å². The van der Waals surface area contributed by atoms with Crippen molar-refractivity contribution in [1.29, 1.82) is 0 Å². The molecular formula is C21H28O4. The lowest BCUT2D eigenvalue weighted by Gasteiger charge is -2.35. The second kappa shape index (κ2) is 5.75. The lowest BCUT2D eigenvalue weighted by Crippen LogP contribution is -2.34. The molecule has 25 heavy (non-hydrogen) atoms. The summed E-state index contributed by atoms with van der Waals surface area (Å²) in [5.74, 6) is 0.530. The quantitative estimate of drug-likeness (QED) is 0.790. The lowest BCUT2D eigenvalue weighted by atomic mass is 9.87. The first-order valence-corrected chi connectivity index (χ1v) is 9.44. The number of rotatable bonds is 4. The van der Waals surface area contributed by atoms with Crippen LogP contribution in [0.1, 0.15) is 76.2 Å². The van der Waals surface area contributed by atoms with Crippen LogP contribution in [0.4, 0.5) is 0 Å². The molecule has 0 aliphatic carbocycles. The van der Waals surface area contributed by atoms with Gasteiger partial charge in [-0.1, -0.05) is 32.3 Å². The van der Waals surface area contributed by atoms with Gasteiger partial charge in [0.1, 0.15) is 23.2 Å². The number of fused-ring (bicyclic) bond motifs is 6. The minimum Gasteiger partial charge on any atom is -0.508 e. The van der Waals surface area contributed by atoms with Gasteiger partial charge < -0.3 is 19.3 Å². The topological polar surface area (TPSA) is 47.9 Å². The van der Waals surface area contributed by atoms with Crippen LogP contribution in [0.3, 0.4) is 0 Å². The van der Waals surface area contributed by atoms with Gasteiger partial charge in [0.15, 0.2) is 5.79 Å². The fourth-order valence-electron chi connectivity index (χ4n) is 4.28. The summed E-state index contributed by atoms with van der Waals surface area (Å²) in [6.45, 7) is 8.30. The predicted molar refractivity (Wildman–Crippen MR) is 96.8 cm³/mol. The molecule has 0 radical (unpaired) electrons. The van der Waals surface area contributed by atoms with E-state index in [1.54, 1.807) is 6.07 Å². The molecule has 3 atom stereocenters. The molecule has 0 amide bonds. The molecule has 3 aliphatic rings. The Bertz CT molecular complexity index is 721. The van der Waals surface area contributed by atoms with Gasteiger partial charge in [-0.15, -0.1) is 0 Å². The highest BCUT2D eigenvalue weighted by molar-refractivity contribution is 5.69. The predicted octanol–water partition coefficient (Wildman–Crippen LogP) is 4.89. The van der Waals surface area contributed by atoms with Gasteiger partial charge in [0, 0.05) is 23.1 Å². The van der Waals surface area contributed by atoms with E-state index in [1.165, 1.54) is 12.8 Å². The highest BCUT2D eigenvalue weighted by Gasteiger charge is 2.52. The Morgan fingerprint density at radius 1 is 1.20 bits per heavy atom. The fraction of sp³-hybridized carbons (Fsp3) is 0.619. The zero-order valence-corrected chi connectivity index (χ0v) is 15.6. The largest absolute Gasteiger partial charge is 0.508 e. The zero-order chi connectivity index (χ0) is 17.8. The highest BCUT2D eigenvalue weighted by atomic mass is 16.8. The van der Waals surface area contributed by atoms with E-state index in [4.69, 9.17) is 14.2 Å². The molecule has 1 aromatic rings. The molecule has 1 saturated heterocycles. The maximum absolute atomic E-state index is 10.7. The van der Waals surface area contributed by atoms with Crippen molar-refractivity contribution in [2.75, 3.05) is 0 Å². The summed E-state index contributed by atoms with van der Waals surface area (Å²) in [7, 11) is 0. The average molecular weight is 344 g/mol. The standard InChI is InChI=1S/C21H28O4/c1-5-6-7-8-16-19-17-14(12-21(4,23-16)25-19)18-13(11-15(17)22)9-10-20(2,3)24-18/h9-11,16,19,22H,5-8,12H2,1-4H3/t16-,19+,21+/m1/s1. The number of phenols is 1. The first-order chi connectivity index (χ1) is 11.8. The highest BCUT2D eigenvalue weighted by Crippen LogP contribution is 2.54. The third-order valence-electron chi connectivity index (χ3n) is 5.45. The van der Waals surface area contributed by atoms with E-state index >= 15 is 0 Å². The van der Waals surface area contributed by atoms with Crippen LogP contribution in [0, 0.1) is 0 Å². The van der Waals surface area contributed by atoms with Gasteiger partial charge in [-0.2, -0.15) is 0 Å². The Labute approximate surface area is 149 Å². The van der Waals surface area contributed by atoms with Gasteiger partial charge in [0.2, 0.25) is 0 Å². The molecule has 0 spiro atoms. The number of hydrogen-bond acceptors (Lipinski definition) is 4. The lowest BCUT2D eigenvalue weighted by molar-refractivity contribution is -0.166. The van der Waals surface area contributed by atoms with Crippen LogP contribution < -0.4 is 4.74 Å². The van der Waals surface area contributed by atoms with E-state index in [2.05, 4.69) is 6.92 Å². The van der Waals surface area contributed by atoms with Crippen molar-refractivity contribution in [1.82, 2.24) is 0 Å². The van der Waals surface area contributed by atoms with Gasteiger partial charge in [-0.25, -0.2) is 0 Å². The minimum absolute atomic E-state index is 0.00565. The molecule has 4 nitrogen and oxygen atoms in total. The molecule has 1 fully saturated rings. The molecule has 0 aromatic heterocycles. The van der Waals surface area contributed by atoms with Gasteiger partial charge in [0.05, 0.1) is 6.10 Å². The van der Waals surface area contributed by atoms with Crippen LogP contribution >= 0.6 is 0 Å². The number of ether oxygens (including phenoxy) is 3. The monoisotopic (exact) mass is 344 g/mol. The van der Waals surface area contributed by atoms with Crippen LogP contribution in [0.5, 0.6) is 11.5 Å². The molecule has 136 valence electrons. The van der Waals surface area contributed by atoms with Crippen molar-refractivity contribution in [2.24, 2.45) is 0 Å². The summed E-state index contributed by atoms with van der Waals surface area (Å²) in [4.78, 5) is 0. The Hall–Kier alpha value is -1.52. The van der Waals surface area contributed by atoms with Crippen molar-refractivity contribution in [3.8, 4) is 11.5 Å². The molecule has 4 rings (SSSR count). The number of phenolic OH excluding ortho intramolecular Hbond substituents is 1. The summed E-state index contributed by atoms with van der Waals surface area (Å²) in [6.07, 6.45) is 8.89. The van der Waals surface area contributed by atoms with Crippen LogP contribution in [0.25, 0.3) is 6.08 Å². The Balaban J connectivity index is 1.75. The zero-order valence-electron chi connectivity index (χ0n) is 15.6. The molecule has 3 aliphatic heterocycles. The number of hydrogen-bond donors (Lipinski definition) is 1. The fourth-order valence-corrected chi connectivity index (χ4v) is 4.28. The summed E-state index contributed by atoms with van der Waals surface area (Å²) < 4.78 is 18.8. The Morgan fingerprint density at radius 2 is 2.00 bits per heavy atom. The van der Waals surface area contributed by atoms with Crippen molar-refractivity contribution in [2.45, 2.75) is 83.4 Å². The minimum atomic E-state index is -0.634. The number of unbranched alkanes of at least 4 members (excludes halogenated alkanes) is 2. The van der Waals surface area contributed by atoms with Crippen molar-refractivity contribution in [3.05, 3.63) is 28.8 Å². The second-order valence-electron chi connectivity index (χ2n) is 8.25. The first kappa shape index (κ1) is 16.9. The van der Waals surface area contributed by atoms with Crippen molar-refractivity contribution in [3.63, 3.8) is 0 Å². The van der Waals surface area contributed by atoms with Crippen LogP contribution in [0.15, 0.2) is 12.1 Å². The van der Waals surface area contributed by atoms with Crippen molar-refractivity contribution >= 4 is 6.08 Å². The van der Waals surface area contributed by atoms with E-state index in [-0.39, 0.29) is 17.8 Å². The second-order valence-corrected chi connectivity index (χ2v) is 8.25. The van der Waals surface area contributed by atoms with E-state index in [0.29, 0.717) is 12.2 Å².